The number of aryl methyl sites for hydroxylation is 1. The van der Waals surface area contributed by atoms with Crippen molar-refractivity contribution in [1.29, 1.82) is 0 Å². The van der Waals surface area contributed by atoms with Crippen LogP contribution in [0.4, 0.5) is 5.69 Å². The van der Waals surface area contributed by atoms with Crippen molar-refractivity contribution >= 4 is 26.4 Å². The summed E-state index contributed by atoms with van der Waals surface area (Å²) in [7, 11) is -1.19. The molecule has 0 saturated carbocycles. The first-order valence-electron chi connectivity index (χ1n) is 7.98. The first-order valence-corrected chi connectivity index (χ1v) is 9.64. The van der Waals surface area contributed by atoms with Gasteiger partial charge < -0.3 is 5.32 Å². The Hall–Kier alpha value is -2.34. The molecule has 0 atom stereocenters. The van der Waals surface area contributed by atoms with E-state index in [9.17, 15) is 8.42 Å². The molecule has 0 spiro atoms. The SMILES string of the molecule is CCS(=O)(=O)c1ccc(NCCc2nn(C)c3ccccc23)cc1. The number of rotatable bonds is 6. The van der Waals surface area contributed by atoms with Crippen LogP contribution in [0, 0.1) is 0 Å². The fourth-order valence-corrected chi connectivity index (χ4v) is 3.63. The molecule has 0 fully saturated rings. The van der Waals surface area contributed by atoms with Crippen LogP contribution in [-0.4, -0.2) is 30.5 Å². The average molecular weight is 343 g/mol. The maximum atomic E-state index is 11.8. The molecule has 0 radical (unpaired) electrons. The van der Waals surface area contributed by atoms with Crippen molar-refractivity contribution in [3.63, 3.8) is 0 Å². The second kappa shape index (κ2) is 6.65. The summed E-state index contributed by atoms with van der Waals surface area (Å²) in [6.07, 6.45) is 0.802. The Bertz CT molecular complexity index is 944. The number of anilines is 1. The Morgan fingerprint density at radius 3 is 2.50 bits per heavy atom. The lowest BCUT2D eigenvalue weighted by molar-refractivity contribution is 0.597. The van der Waals surface area contributed by atoms with Gasteiger partial charge in [-0.2, -0.15) is 5.10 Å². The fourth-order valence-electron chi connectivity index (χ4n) is 2.75. The molecular formula is C18H21N3O2S. The number of para-hydroxylation sites is 1. The Morgan fingerprint density at radius 2 is 1.79 bits per heavy atom. The lowest BCUT2D eigenvalue weighted by atomic mass is 10.1. The van der Waals surface area contributed by atoms with Crippen molar-refractivity contribution in [1.82, 2.24) is 9.78 Å². The third-order valence-electron chi connectivity index (χ3n) is 4.12. The van der Waals surface area contributed by atoms with Gasteiger partial charge in [0.1, 0.15) is 0 Å². The molecule has 126 valence electrons. The smallest absolute Gasteiger partial charge is 0.178 e. The maximum absolute atomic E-state index is 11.8. The van der Waals surface area contributed by atoms with E-state index in [0.717, 1.165) is 29.9 Å². The number of aromatic nitrogens is 2. The van der Waals surface area contributed by atoms with Gasteiger partial charge in [-0.1, -0.05) is 25.1 Å². The number of sulfone groups is 1. The van der Waals surface area contributed by atoms with Gasteiger partial charge in [-0.05, 0) is 30.3 Å². The normalized spacial score (nSPS) is 11.8. The van der Waals surface area contributed by atoms with Crippen LogP contribution in [0.15, 0.2) is 53.4 Å². The summed E-state index contributed by atoms with van der Waals surface area (Å²) in [6.45, 7) is 2.39. The van der Waals surface area contributed by atoms with Gasteiger partial charge in [-0.25, -0.2) is 8.42 Å². The predicted octanol–water partition coefficient (Wildman–Crippen LogP) is 3.02. The highest BCUT2D eigenvalue weighted by Gasteiger charge is 2.11. The minimum Gasteiger partial charge on any atom is -0.385 e. The van der Waals surface area contributed by atoms with Crippen LogP contribution in [0.25, 0.3) is 10.9 Å². The number of nitrogens with zero attached hydrogens (tertiary/aromatic N) is 2. The molecule has 6 heteroatoms. The van der Waals surface area contributed by atoms with Crippen molar-refractivity contribution in [2.24, 2.45) is 7.05 Å². The van der Waals surface area contributed by atoms with E-state index in [1.54, 1.807) is 31.2 Å². The summed E-state index contributed by atoms with van der Waals surface area (Å²) in [6, 6.07) is 15.1. The molecule has 1 aromatic heterocycles. The van der Waals surface area contributed by atoms with E-state index in [2.05, 4.69) is 22.5 Å². The molecule has 5 nitrogen and oxygen atoms in total. The molecule has 0 unspecified atom stereocenters. The van der Waals surface area contributed by atoms with Crippen LogP contribution in [0.2, 0.25) is 0 Å². The minimum atomic E-state index is -3.14. The Kier molecular flexibility index (Phi) is 4.57. The van der Waals surface area contributed by atoms with E-state index >= 15 is 0 Å². The standard InChI is InChI=1S/C18H21N3O2S/c1-3-24(22,23)15-10-8-14(9-11-15)19-13-12-17-16-6-4-5-7-18(16)21(2)20-17/h4-11,19H,3,12-13H2,1-2H3. The van der Waals surface area contributed by atoms with Crippen molar-refractivity contribution in [3.8, 4) is 0 Å². The number of hydrogen-bond donors (Lipinski definition) is 1. The van der Waals surface area contributed by atoms with E-state index in [-0.39, 0.29) is 5.75 Å². The summed E-state index contributed by atoms with van der Waals surface area (Å²) in [4.78, 5) is 0.367. The van der Waals surface area contributed by atoms with Crippen molar-refractivity contribution in [2.45, 2.75) is 18.2 Å². The first kappa shape index (κ1) is 16.5. The van der Waals surface area contributed by atoms with Gasteiger partial charge >= 0.3 is 0 Å². The lowest BCUT2D eigenvalue weighted by Gasteiger charge is -2.07. The van der Waals surface area contributed by atoms with E-state index < -0.39 is 9.84 Å². The second-order valence-electron chi connectivity index (χ2n) is 5.69. The third-order valence-corrected chi connectivity index (χ3v) is 5.87. The quantitative estimate of drug-likeness (QED) is 0.747. The summed E-state index contributed by atoms with van der Waals surface area (Å²) >= 11 is 0. The van der Waals surface area contributed by atoms with Crippen LogP contribution >= 0.6 is 0 Å². The third kappa shape index (κ3) is 3.28. The molecule has 0 saturated heterocycles. The van der Waals surface area contributed by atoms with Crippen molar-refractivity contribution < 1.29 is 8.42 Å². The molecule has 2 aromatic carbocycles. The van der Waals surface area contributed by atoms with E-state index in [0.29, 0.717) is 4.90 Å². The summed E-state index contributed by atoms with van der Waals surface area (Å²) < 4.78 is 25.5. The molecular weight excluding hydrogens is 322 g/mol. The molecule has 0 amide bonds. The molecule has 3 aromatic rings. The lowest BCUT2D eigenvalue weighted by Crippen LogP contribution is -2.07. The topological polar surface area (TPSA) is 64.0 Å². The second-order valence-corrected chi connectivity index (χ2v) is 7.97. The number of nitrogens with one attached hydrogen (secondary N) is 1. The summed E-state index contributed by atoms with van der Waals surface area (Å²) in [5, 5.41) is 9.07. The largest absolute Gasteiger partial charge is 0.385 e. The molecule has 24 heavy (non-hydrogen) atoms. The van der Waals surface area contributed by atoms with Crippen molar-refractivity contribution in [3.05, 3.63) is 54.2 Å². The molecule has 1 heterocycles. The van der Waals surface area contributed by atoms with E-state index in [1.807, 2.05) is 23.9 Å². The first-order chi connectivity index (χ1) is 11.5. The van der Waals surface area contributed by atoms with Gasteiger partial charge in [0.05, 0.1) is 21.9 Å². The molecule has 0 aliphatic rings. The van der Waals surface area contributed by atoms with Gasteiger partial charge in [-0.3, -0.25) is 4.68 Å². The van der Waals surface area contributed by atoms with Gasteiger partial charge in [0.2, 0.25) is 0 Å². The Labute approximate surface area is 142 Å². The van der Waals surface area contributed by atoms with Crippen LogP contribution in [-0.2, 0) is 23.3 Å². The highest BCUT2D eigenvalue weighted by atomic mass is 32.2. The molecule has 1 N–H and O–H groups in total. The summed E-state index contributed by atoms with van der Waals surface area (Å²) in [5.74, 6) is 0.118. The average Bonchev–Trinajstić information content (AvgIpc) is 2.92. The molecule has 3 rings (SSSR count). The fraction of sp³-hybridized carbons (Fsp3) is 0.278. The number of fused-ring (bicyclic) bond motifs is 1. The zero-order valence-corrected chi connectivity index (χ0v) is 14.7. The van der Waals surface area contributed by atoms with Crippen LogP contribution in [0.3, 0.4) is 0 Å². The zero-order chi connectivity index (χ0) is 17.2. The van der Waals surface area contributed by atoms with E-state index in [4.69, 9.17) is 0 Å². The van der Waals surface area contributed by atoms with Gasteiger partial charge in [0.25, 0.3) is 0 Å². The van der Waals surface area contributed by atoms with Crippen LogP contribution in [0.1, 0.15) is 12.6 Å². The van der Waals surface area contributed by atoms with Crippen LogP contribution < -0.4 is 5.32 Å². The van der Waals surface area contributed by atoms with Gasteiger partial charge in [0, 0.05) is 31.1 Å². The summed E-state index contributed by atoms with van der Waals surface area (Å²) in [5.41, 5.74) is 3.10. The van der Waals surface area contributed by atoms with Crippen molar-refractivity contribution in [2.75, 3.05) is 17.6 Å². The minimum absolute atomic E-state index is 0.118. The van der Waals surface area contributed by atoms with E-state index in [1.165, 1.54) is 5.39 Å². The predicted molar refractivity (Wildman–Crippen MR) is 97.1 cm³/mol. The molecule has 0 bridgehead atoms. The van der Waals surface area contributed by atoms with Gasteiger partial charge in [-0.15, -0.1) is 0 Å². The Balaban J connectivity index is 1.66. The van der Waals surface area contributed by atoms with Gasteiger partial charge in [0.15, 0.2) is 9.84 Å². The Morgan fingerprint density at radius 1 is 1.08 bits per heavy atom. The van der Waals surface area contributed by atoms with Crippen LogP contribution in [0.5, 0.6) is 0 Å². The highest BCUT2D eigenvalue weighted by molar-refractivity contribution is 7.91. The number of benzene rings is 2. The maximum Gasteiger partial charge on any atom is 0.178 e. The monoisotopic (exact) mass is 343 g/mol. The molecule has 0 aliphatic carbocycles. The molecule has 0 aliphatic heterocycles. The number of hydrogen-bond acceptors (Lipinski definition) is 4. The highest BCUT2D eigenvalue weighted by Crippen LogP contribution is 2.19. The zero-order valence-electron chi connectivity index (χ0n) is 13.9.